The zero-order valence-corrected chi connectivity index (χ0v) is 16.3. The number of likely N-dealkylation sites (tertiary alicyclic amines) is 1. The second-order valence-electron chi connectivity index (χ2n) is 7.44. The Hall–Kier alpha value is -2.41. The van der Waals surface area contributed by atoms with Crippen molar-refractivity contribution in [2.24, 2.45) is 22.7 Å². The molecule has 0 amide bonds. The Morgan fingerprint density at radius 2 is 1.57 bits per heavy atom. The molecule has 0 radical (unpaired) electrons. The van der Waals surface area contributed by atoms with E-state index in [0.29, 0.717) is 5.84 Å². The first-order chi connectivity index (χ1) is 13.7. The second-order valence-corrected chi connectivity index (χ2v) is 7.44. The lowest BCUT2D eigenvalue weighted by Gasteiger charge is -2.42. The van der Waals surface area contributed by atoms with E-state index in [2.05, 4.69) is 15.4 Å². The molecular weight excluding hydrogens is 350 g/mol. The van der Waals surface area contributed by atoms with E-state index in [1.54, 1.807) is 0 Å². The quantitative estimate of drug-likeness (QED) is 0.255. The zero-order chi connectivity index (χ0) is 19.8. The summed E-state index contributed by atoms with van der Waals surface area (Å²) < 4.78 is 0. The molecule has 2 aromatic carbocycles. The largest absolute Gasteiger partial charge is 0.380 e. The third-order valence-corrected chi connectivity index (χ3v) is 5.82. The van der Waals surface area contributed by atoms with E-state index >= 15 is 0 Å². The Morgan fingerprint density at radius 1 is 1.04 bits per heavy atom. The number of piperidine rings is 1. The minimum Gasteiger partial charge on any atom is -0.380 e. The summed E-state index contributed by atoms with van der Waals surface area (Å²) in [5, 5.41) is 15.5. The number of nitrogens with zero attached hydrogens (tertiary/aromatic N) is 2. The van der Waals surface area contributed by atoms with Crippen LogP contribution in [0.3, 0.4) is 0 Å². The summed E-state index contributed by atoms with van der Waals surface area (Å²) in [6, 6.07) is 20.1. The molecule has 1 heterocycles. The minimum atomic E-state index is -0.961. The fourth-order valence-electron chi connectivity index (χ4n) is 4.24. The summed E-state index contributed by atoms with van der Waals surface area (Å²) in [6.45, 7) is 2.91. The third-order valence-electron chi connectivity index (χ3n) is 5.82. The molecule has 6 nitrogen and oxygen atoms in total. The van der Waals surface area contributed by atoms with E-state index in [4.69, 9.17) is 11.7 Å². The lowest BCUT2D eigenvalue weighted by molar-refractivity contribution is -0.0142. The maximum absolute atomic E-state index is 11.9. The maximum atomic E-state index is 11.9. The number of rotatable bonds is 7. The topological polar surface area (TPSA) is 99.9 Å². The standard InChI is InChI=1S/C22H31N5O/c23-25-21(26-24)12-7-15-27-16-13-20(14-17-27)22(28,18-8-3-1-4-9-18)19-10-5-2-6-11-19/h1-6,8-11,20,28H,7,12-17,23-24H2,(H,25,26). The molecule has 0 unspecified atom stereocenters. The van der Waals surface area contributed by atoms with Crippen LogP contribution in [-0.4, -0.2) is 35.5 Å². The van der Waals surface area contributed by atoms with Gasteiger partial charge in [-0.2, -0.15) is 5.10 Å². The molecule has 0 spiro atoms. The van der Waals surface area contributed by atoms with Gasteiger partial charge in [0, 0.05) is 6.42 Å². The van der Waals surface area contributed by atoms with Gasteiger partial charge in [-0.1, -0.05) is 60.7 Å². The fourth-order valence-corrected chi connectivity index (χ4v) is 4.24. The normalized spacial score (nSPS) is 16.9. The number of aliphatic hydroxyl groups is 1. The number of hydrazine groups is 1. The molecule has 1 saturated heterocycles. The van der Waals surface area contributed by atoms with E-state index in [1.807, 2.05) is 60.7 Å². The molecule has 6 N–H and O–H groups in total. The van der Waals surface area contributed by atoms with Crippen molar-refractivity contribution < 1.29 is 5.11 Å². The Morgan fingerprint density at radius 3 is 2.04 bits per heavy atom. The van der Waals surface area contributed by atoms with E-state index in [9.17, 15) is 5.11 Å². The monoisotopic (exact) mass is 381 g/mol. The van der Waals surface area contributed by atoms with Gasteiger partial charge in [-0.25, -0.2) is 5.84 Å². The maximum Gasteiger partial charge on any atom is 0.135 e. The Bertz CT molecular complexity index is 703. The molecule has 6 heteroatoms. The highest BCUT2D eigenvalue weighted by atomic mass is 16.3. The van der Waals surface area contributed by atoms with Crippen molar-refractivity contribution in [3.05, 3.63) is 71.8 Å². The van der Waals surface area contributed by atoms with Crippen molar-refractivity contribution >= 4 is 5.84 Å². The SMILES string of the molecule is N/N=C(/CCCN1CCC(C(O)(c2ccccc2)c2ccccc2)CC1)NN. The molecule has 28 heavy (non-hydrogen) atoms. The van der Waals surface area contributed by atoms with Gasteiger partial charge in [-0.3, -0.25) is 0 Å². The Balaban J connectivity index is 1.67. The van der Waals surface area contributed by atoms with Crippen molar-refractivity contribution in [1.29, 1.82) is 0 Å². The van der Waals surface area contributed by atoms with E-state index < -0.39 is 5.60 Å². The van der Waals surface area contributed by atoms with E-state index in [-0.39, 0.29) is 5.92 Å². The van der Waals surface area contributed by atoms with Crippen LogP contribution < -0.4 is 17.1 Å². The van der Waals surface area contributed by atoms with Crippen LogP contribution in [0.25, 0.3) is 0 Å². The molecule has 1 fully saturated rings. The predicted octanol–water partition coefficient (Wildman–Crippen LogP) is 2.15. The molecule has 150 valence electrons. The molecule has 2 aromatic rings. The molecule has 0 saturated carbocycles. The number of nitrogens with two attached hydrogens (primary N) is 2. The summed E-state index contributed by atoms with van der Waals surface area (Å²) >= 11 is 0. The van der Waals surface area contributed by atoms with Crippen molar-refractivity contribution in [3.8, 4) is 0 Å². The summed E-state index contributed by atoms with van der Waals surface area (Å²) in [6.07, 6.45) is 3.60. The van der Waals surface area contributed by atoms with Crippen LogP contribution in [-0.2, 0) is 5.60 Å². The Labute approximate surface area is 167 Å². The first kappa shape index (κ1) is 20.3. The van der Waals surface area contributed by atoms with Crippen LogP contribution in [0.5, 0.6) is 0 Å². The summed E-state index contributed by atoms with van der Waals surface area (Å²) in [7, 11) is 0. The van der Waals surface area contributed by atoms with Gasteiger partial charge in [-0.15, -0.1) is 0 Å². The summed E-state index contributed by atoms with van der Waals surface area (Å²) in [5.74, 6) is 11.5. The van der Waals surface area contributed by atoms with Crippen LogP contribution in [0.4, 0.5) is 0 Å². The molecular formula is C22H31N5O. The molecule has 1 aliphatic rings. The number of hydrogen-bond donors (Lipinski definition) is 4. The van der Waals surface area contributed by atoms with Crippen LogP contribution in [0, 0.1) is 5.92 Å². The van der Waals surface area contributed by atoms with Crippen LogP contribution in [0.2, 0.25) is 0 Å². The lowest BCUT2D eigenvalue weighted by atomic mass is 9.72. The molecule has 0 aromatic heterocycles. The van der Waals surface area contributed by atoms with Gasteiger partial charge in [0.2, 0.25) is 0 Å². The smallest absolute Gasteiger partial charge is 0.135 e. The molecule has 0 aliphatic carbocycles. The van der Waals surface area contributed by atoms with Crippen molar-refractivity contribution in [2.75, 3.05) is 19.6 Å². The summed E-state index contributed by atoms with van der Waals surface area (Å²) in [5.41, 5.74) is 3.51. The van der Waals surface area contributed by atoms with Gasteiger partial charge in [-0.05, 0) is 55.9 Å². The zero-order valence-electron chi connectivity index (χ0n) is 16.3. The third kappa shape index (κ3) is 4.52. The van der Waals surface area contributed by atoms with Crippen LogP contribution in [0.15, 0.2) is 65.8 Å². The average molecular weight is 382 g/mol. The van der Waals surface area contributed by atoms with Gasteiger partial charge in [0.05, 0.1) is 0 Å². The molecule has 1 aliphatic heterocycles. The van der Waals surface area contributed by atoms with Gasteiger partial charge < -0.3 is 21.3 Å². The number of nitrogens with one attached hydrogen (secondary N) is 1. The van der Waals surface area contributed by atoms with Gasteiger partial charge in [0.25, 0.3) is 0 Å². The fraction of sp³-hybridized carbons (Fsp3) is 0.409. The number of amidine groups is 1. The number of hydrazone groups is 1. The minimum absolute atomic E-state index is 0.181. The van der Waals surface area contributed by atoms with Gasteiger partial charge in [0.15, 0.2) is 0 Å². The highest BCUT2D eigenvalue weighted by Gasteiger charge is 2.41. The highest BCUT2D eigenvalue weighted by molar-refractivity contribution is 5.81. The Kier molecular flexibility index (Phi) is 7.03. The van der Waals surface area contributed by atoms with Crippen molar-refractivity contribution in [3.63, 3.8) is 0 Å². The molecule has 0 atom stereocenters. The lowest BCUT2D eigenvalue weighted by Crippen LogP contribution is -2.44. The van der Waals surface area contributed by atoms with Crippen LogP contribution >= 0.6 is 0 Å². The van der Waals surface area contributed by atoms with Gasteiger partial charge in [0.1, 0.15) is 11.4 Å². The predicted molar refractivity (Wildman–Crippen MR) is 113 cm³/mol. The van der Waals surface area contributed by atoms with Crippen LogP contribution in [0.1, 0.15) is 36.8 Å². The summed E-state index contributed by atoms with van der Waals surface area (Å²) in [4.78, 5) is 2.44. The highest BCUT2D eigenvalue weighted by Crippen LogP contribution is 2.41. The molecule has 0 bridgehead atoms. The average Bonchev–Trinajstić information content (AvgIpc) is 2.78. The van der Waals surface area contributed by atoms with Crippen molar-refractivity contribution in [2.45, 2.75) is 31.3 Å². The second kappa shape index (κ2) is 9.68. The molecule has 3 rings (SSSR count). The van der Waals surface area contributed by atoms with E-state index in [1.165, 1.54) is 0 Å². The number of hydrogen-bond acceptors (Lipinski definition) is 5. The van der Waals surface area contributed by atoms with E-state index in [0.717, 1.165) is 56.4 Å². The number of benzene rings is 2. The van der Waals surface area contributed by atoms with Gasteiger partial charge >= 0.3 is 0 Å². The first-order valence-electron chi connectivity index (χ1n) is 9.97. The van der Waals surface area contributed by atoms with Crippen molar-refractivity contribution in [1.82, 2.24) is 10.3 Å². The first-order valence-corrected chi connectivity index (χ1v) is 9.97.